The number of benzene rings is 1. The lowest BCUT2D eigenvalue weighted by atomic mass is 10.2. The molecule has 0 saturated heterocycles. The summed E-state index contributed by atoms with van der Waals surface area (Å²) >= 11 is 5.52. The highest BCUT2D eigenvalue weighted by molar-refractivity contribution is 6.17. The number of hydrogen-bond acceptors (Lipinski definition) is 0. The summed E-state index contributed by atoms with van der Waals surface area (Å²) in [6.45, 7) is 0. The normalized spacial score (nSPS) is 9.79. The van der Waals surface area contributed by atoms with Crippen molar-refractivity contribution < 1.29 is 0 Å². The van der Waals surface area contributed by atoms with Crippen molar-refractivity contribution in [3.8, 4) is 11.8 Å². The Bertz CT molecular complexity index is 327. The van der Waals surface area contributed by atoms with Crippen LogP contribution in [0.2, 0.25) is 0 Å². The van der Waals surface area contributed by atoms with Crippen LogP contribution in [0.15, 0.2) is 36.4 Å². The van der Waals surface area contributed by atoms with Gasteiger partial charge in [-0.15, -0.1) is 11.6 Å². The fourth-order valence-electron chi connectivity index (χ4n) is 0.988. The molecule has 0 aliphatic rings. The van der Waals surface area contributed by atoms with Crippen LogP contribution in [-0.2, 0) is 0 Å². The highest BCUT2D eigenvalue weighted by Gasteiger charge is 1.79. The van der Waals surface area contributed by atoms with Crippen LogP contribution in [0, 0.1) is 11.8 Å². The van der Waals surface area contributed by atoms with E-state index in [-0.39, 0.29) is 0 Å². The van der Waals surface area contributed by atoms with Crippen LogP contribution in [0.3, 0.4) is 0 Å². The highest BCUT2D eigenvalue weighted by atomic mass is 35.5. The lowest BCUT2D eigenvalue weighted by molar-refractivity contribution is 0.992. The third kappa shape index (κ3) is 4.74. The molecule has 0 spiro atoms. The summed E-state index contributed by atoms with van der Waals surface area (Å²) < 4.78 is 0. The monoisotopic (exact) mass is 204 g/mol. The van der Waals surface area contributed by atoms with Gasteiger partial charge in [-0.3, -0.25) is 0 Å². The molecule has 1 aromatic carbocycles. The molecule has 0 aliphatic heterocycles. The molecule has 1 heteroatoms. The first-order chi connectivity index (χ1) is 6.93. The summed E-state index contributed by atoms with van der Waals surface area (Å²) in [5.74, 6) is 6.71. The Labute approximate surface area is 90.6 Å². The molecule has 0 aromatic heterocycles. The number of halogens is 1. The van der Waals surface area contributed by atoms with Crippen molar-refractivity contribution in [2.45, 2.75) is 12.8 Å². The molecule has 0 N–H and O–H groups in total. The molecule has 0 unspecified atom stereocenters. The van der Waals surface area contributed by atoms with E-state index in [1.54, 1.807) is 0 Å². The van der Waals surface area contributed by atoms with Gasteiger partial charge in [-0.25, -0.2) is 0 Å². The summed E-state index contributed by atoms with van der Waals surface area (Å²) in [7, 11) is 0. The van der Waals surface area contributed by atoms with Gasteiger partial charge in [0.15, 0.2) is 0 Å². The van der Waals surface area contributed by atoms with Crippen LogP contribution in [-0.4, -0.2) is 5.88 Å². The lowest BCUT2D eigenvalue weighted by Crippen LogP contribution is -1.70. The summed E-state index contributed by atoms with van der Waals surface area (Å²) in [5, 5.41) is 0. The molecule has 0 nitrogen and oxygen atoms in total. The number of unbranched alkanes of at least 4 members (excludes halogenated alkanes) is 1. The molecule has 14 heavy (non-hydrogen) atoms. The maximum absolute atomic E-state index is 5.52. The Hall–Kier alpha value is -1.19. The molecule has 0 radical (unpaired) electrons. The topological polar surface area (TPSA) is 0 Å². The van der Waals surface area contributed by atoms with Gasteiger partial charge >= 0.3 is 0 Å². The van der Waals surface area contributed by atoms with E-state index in [4.69, 9.17) is 11.6 Å². The van der Waals surface area contributed by atoms with Crippen molar-refractivity contribution in [3.05, 3.63) is 42.0 Å². The van der Waals surface area contributed by atoms with Crippen molar-refractivity contribution in [1.82, 2.24) is 0 Å². The molecule has 0 amide bonds. The van der Waals surface area contributed by atoms with E-state index in [1.165, 1.54) is 5.56 Å². The predicted octanol–water partition coefficient (Wildman–Crippen LogP) is 3.72. The quantitative estimate of drug-likeness (QED) is 0.400. The molecule has 1 rings (SSSR count). The van der Waals surface area contributed by atoms with Crippen LogP contribution >= 0.6 is 11.6 Å². The second-order valence-corrected chi connectivity index (χ2v) is 3.24. The Morgan fingerprint density at radius 2 is 2.00 bits per heavy atom. The minimum absolute atomic E-state index is 0.692. The maximum atomic E-state index is 5.52. The van der Waals surface area contributed by atoms with Crippen LogP contribution in [0.1, 0.15) is 18.4 Å². The highest BCUT2D eigenvalue weighted by Crippen LogP contribution is 1.99. The largest absolute Gasteiger partial charge is 0.127 e. The number of rotatable bonds is 3. The van der Waals surface area contributed by atoms with Gasteiger partial charge in [0.2, 0.25) is 0 Å². The number of alkyl halides is 1. The molecule has 0 fully saturated rings. The van der Waals surface area contributed by atoms with Crippen molar-refractivity contribution in [2.24, 2.45) is 0 Å². The van der Waals surface area contributed by atoms with E-state index in [2.05, 4.69) is 24.0 Å². The molecule has 0 bridgehead atoms. The Balaban J connectivity index is 2.36. The van der Waals surface area contributed by atoms with Gasteiger partial charge in [0, 0.05) is 12.3 Å². The fraction of sp³-hybridized carbons (Fsp3) is 0.231. The second-order valence-electron chi connectivity index (χ2n) is 2.86. The predicted molar refractivity (Wildman–Crippen MR) is 63.2 cm³/mol. The first-order valence-electron chi connectivity index (χ1n) is 4.69. The number of allylic oxidation sites excluding steroid dienone is 1. The molecule has 0 saturated carbocycles. The van der Waals surface area contributed by atoms with Gasteiger partial charge in [0.25, 0.3) is 0 Å². The van der Waals surface area contributed by atoms with E-state index in [0.717, 1.165) is 12.8 Å². The zero-order valence-electron chi connectivity index (χ0n) is 8.04. The van der Waals surface area contributed by atoms with Crippen molar-refractivity contribution >= 4 is 17.7 Å². The van der Waals surface area contributed by atoms with E-state index < -0.39 is 0 Å². The average molecular weight is 205 g/mol. The minimum Gasteiger partial charge on any atom is -0.127 e. The smallest absolute Gasteiger partial charge is 0.0232 e. The lowest BCUT2D eigenvalue weighted by Gasteiger charge is -1.87. The van der Waals surface area contributed by atoms with Crippen molar-refractivity contribution in [3.63, 3.8) is 0 Å². The van der Waals surface area contributed by atoms with E-state index >= 15 is 0 Å². The van der Waals surface area contributed by atoms with Gasteiger partial charge in [0.1, 0.15) is 0 Å². The van der Waals surface area contributed by atoms with E-state index in [9.17, 15) is 0 Å². The molecule has 0 aliphatic carbocycles. The molecule has 0 heterocycles. The Morgan fingerprint density at radius 1 is 1.21 bits per heavy atom. The summed E-state index contributed by atoms with van der Waals surface area (Å²) in [5.41, 5.74) is 1.18. The molecule has 72 valence electrons. The van der Waals surface area contributed by atoms with Crippen molar-refractivity contribution in [1.29, 1.82) is 0 Å². The Morgan fingerprint density at radius 3 is 2.71 bits per heavy atom. The third-order valence-electron chi connectivity index (χ3n) is 1.70. The molecular formula is C13H13Cl. The van der Waals surface area contributed by atoms with Crippen LogP contribution < -0.4 is 0 Å². The summed E-state index contributed by atoms with van der Waals surface area (Å²) in [4.78, 5) is 0. The van der Waals surface area contributed by atoms with Gasteiger partial charge in [-0.2, -0.15) is 0 Å². The van der Waals surface area contributed by atoms with Crippen LogP contribution in [0.25, 0.3) is 6.08 Å². The maximum Gasteiger partial charge on any atom is 0.0232 e. The standard InChI is InChI=1S/C13H13Cl/c14-12-8-3-1-2-5-9-13-10-6-4-7-11-13/h4-7,9-11H,3,8,12H2/b9-5+. The fourth-order valence-corrected chi connectivity index (χ4v) is 1.12. The summed E-state index contributed by atoms with van der Waals surface area (Å²) in [6.07, 6.45) is 5.73. The first-order valence-corrected chi connectivity index (χ1v) is 5.23. The SMILES string of the molecule is ClCCCC#C/C=C/c1ccccc1. The summed E-state index contributed by atoms with van der Waals surface area (Å²) in [6, 6.07) is 10.1. The van der Waals surface area contributed by atoms with E-state index in [1.807, 2.05) is 30.4 Å². The van der Waals surface area contributed by atoms with E-state index in [0.29, 0.717) is 5.88 Å². The zero-order valence-corrected chi connectivity index (χ0v) is 8.80. The average Bonchev–Trinajstić information content (AvgIpc) is 2.25. The van der Waals surface area contributed by atoms with Gasteiger partial charge < -0.3 is 0 Å². The minimum atomic E-state index is 0.692. The first kappa shape index (κ1) is 10.9. The zero-order chi connectivity index (χ0) is 10.1. The van der Waals surface area contributed by atoms with Crippen LogP contribution in [0.5, 0.6) is 0 Å². The second kappa shape index (κ2) is 7.24. The third-order valence-corrected chi connectivity index (χ3v) is 1.96. The van der Waals surface area contributed by atoms with Gasteiger partial charge in [-0.1, -0.05) is 42.2 Å². The number of hydrogen-bond donors (Lipinski definition) is 0. The van der Waals surface area contributed by atoms with Gasteiger partial charge in [-0.05, 0) is 24.1 Å². The molecular weight excluding hydrogens is 192 g/mol. The Kier molecular flexibility index (Phi) is 5.63. The molecule has 0 atom stereocenters. The van der Waals surface area contributed by atoms with Crippen LogP contribution in [0.4, 0.5) is 0 Å². The van der Waals surface area contributed by atoms with Crippen molar-refractivity contribution in [2.75, 3.05) is 5.88 Å². The van der Waals surface area contributed by atoms with Gasteiger partial charge in [0.05, 0.1) is 0 Å². The molecule has 1 aromatic rings.